The van der Waals surface area contributed by atoms with Gasteiger partial charge in [0.1, 0.15) is 17.2 Å². The quantitative estimate of drug-likeness (QED) is 0.292. The average Bonchev–Trinajstić information content (AvgIpc) is 2.72. The molecule has 0 radical (unpaired) electrons. The summed E-state index contributed by atoms with van der Waals surface area (Å²) in [4.78, 5) is 0. The van der Waals surface area contributed by atoms with Gasteiger partial charge in [0, 0.05) is 0 Å². The molecule has 0 bridgehead atoms. The molecular formula is C26H35F5. The number of benzene rings is 1. The van der Waals surface area contributed by atoms with Gasteiger partial charge < -0.3 is 0 Å². The Hall–Kier alpha value is -1.39. The van der Waals surface area contributed by atoms with Gasteiger partial charge >= 0.3 is 6.18 Å². The van der Waals surface area contributed by atoms with Gasteiger partial charge in [-0.05, 0) is 99.2 Å². The highest BCUT2D eigenvalue weighted by atomic mass is 19.4. The van der Waals surface area contributed by atoms with Gasteiger partial charge in [0.2, 0.25) is 0 Å². The van der Waals surface area contributed by atoms with Gasteiger partial charge in [-0.1, -0.05) is 38.3 Å². The summed E-state index contributed by atoms with van der Waals surface area (Å²) in [6, 6.07) is 1.79. The average molecular weight is 443 g/mol. The second-order valence-electron chi connectivity index (χ2n) is 9.65. The fourth-order valence-corrected chi connectivity index (χ4v) is 5.48. The number of hydrogen-bond acceptors (Lipinski definition) is 0. The third kappa shape index (κ3) is 6.79. The van der Waals surface area contributed by atoms with E-state index in [2.05, 4.69) is 19.1 Å². The fourth-order valence-electron chi connectivity index (χ4n) is 5.48. The monoisotopic (exact) mass is 442 g/mol. The van der Waals surface area contributed by atoms with Crippen molar-refractivity contribution in [2.45, 2.75) is 96.1 Å². The van der Waals surface area contributed by atoms with Gasteiger partial charge in [-0.2, -0.15) is 13.2 Å². The molecule has 0 aromatic heterocycles. The molecule has 0 heterocycles. The molecule has 174 valence electrons. The maximum absolute atomic E-state index is 13.9. The zero-order valence-electron chi connectivity index (χ0n) is 18.5. The number of unbranched alkanes of at least 4 members (excludes halogenated alkanes) is 1. The lowest BCUT2D eigenvalue weighted by Crippen LogP contribution is -2.18. The molecule has 2 aliphatic rings. The number of alkyl halides is 3. The van der Waals surface area contributed by atoms with Crippen molar-refractivity contribution in [1.29, 1.82) is 0 Å². The molecule has 3 rings (SSSR count). The van der Waals surface area contributed by atoms with E-state index >= 15 is 0 Å². The Bertz CT molecular complexity index is 697. The molecule has 0 spiro atoms. The standard InChI is InChI=1S/C26H35F5/c1-2-3-4-5-18-6-8-19(9-7-18)10-11-20-12-14-21(15-13-20)22-16-23(27)25(24(28)17-22)26(29,30)31/h4-5,16-21H,2-3,6-15H2,1H3/b5-4+/t18-,19-,20-,21-. The van der Waals surface area contributed by atoms with Crippen LogP contribution in [0, 0.1) is 29.4 Å². The van der Waals surface area contributed by atoms with Crippen LogP contribution in [-0.4, -0.2) is 0 Å². The summed E-state index contributed by atoms with van der Waals surface area (Å²) in [6.07, 6.45) is 13.3. The number of hydrogen-bond donors (Lipinski definition) is 0. The third-order valence-electron chi connectivity index (χ3n) is 7.40. The molecule has 0 aliphatic heterocycles. The SMILES string of the molecule is CCC/C=C/[C@H]1CC[C@H](CC[C@H]2CC[C@H](c3cc(F)c(C(F)(F)F)c(F)c3)CC2)CC1. The minimum atomic E-state index is -5.00. The van der Waals surface area contributed by atoms with E-state index in [1.807, 2.05) is 0 Å². The first-order valence-corrected chi connectivity index (χ1v) is 12.0. The molecule has 0 nitrogen and oxygen atoms in total. The van der Waals surface area contributed by atoms with Crippen molar-refractivity contribution in [3.8, 4) is 0 Å². The molecule has 1 aromatic rings. The van der Waals surface area contributed by atoms with Crippen LogP contribution in [0.4, 0.5) is 22.0 Å². The van der Waals surface area contributed by atoms with Crippen LogP contribution in [0.15, 0.2) is 24.3 Å². The Labute approximate surface area is 183 Å². The summed E-state index contributed by atoms with van der Waals surface area (Å²) >= 11 is 0. The summed E-state index contributed by atoms with van der Waals surface area (Å²) in [6.45, 7) is 2.20. The Morgan fingerprint density at radius 3 is 1.84 bits per heavy atom. The van der Waals surface area contributed by atoms with E-state index in [-0.39, 0.29) is 5.92 Å². The summed E-state index contributed by atoms with van der Waals surface area (Å²) in [5.74, 6) is -0.848. The summed E-state index contributed by atoms with van der Waals surface area (Å²) < 4.78 is 66.2. The minimum Gasteiger partial charge on any atom is -0.206 e. The van der Waals surface area contributed by atoms with Crippen LogP contribution < -0.4 is 0 Å². The Kier molecular flexibility index (Phi) is 8.58. The summed E-state index contributed by atoms with van der Waals surface area (Å²) in [5, 5.41) is 0. The van der Waals surface area contributed by atoms with E-state index in [0.29, 0.717) is 11.5 Å². The molecular weight excluding hydrogens is 407 g/mol. The highest BCUT2D eigenvalue weighted by Crippen LogP contribution is 2.42. The first kappa shape index (κ1) is 24.3. The molecule has 2 saturated carbocycles. The van der Waals surface area contributed by atoms with Crippen molar-refractivity contribution in [2.24, 2.45) is 17.8 Å². The largest absolute Gasteiger partial charge is 0.422 e. The fraction of sp³-hybridized carbons (Fsp3) is 0.692. The van der Waals surface area contributed by atoms with Crippen molar-refractivity contribution in [2.75, 3.05) is 0 Å². The van der Waals surface area contributed by atoms with Gasteiger partial charge in [0.15, 0.2) is 0 Å². The van der Waals surface area contributed by atoms with E-state index in [0.717, 1.165) is 49.7 Å². The molecule has 31 heavy (non-hydrogen) atoms. The number of allylic oxidation sites excluding steroid dienone is 2. The van der Waals surface area contributed by atoms with E-state index in [1.165, 1.54) is 51.4 Å². The maximum Gasteiger partial charge on any atom is 0.422 e. The van der Waals surface area contributed by atoms with E-state index < -0.39 is 23.4 Å². The first-order valence-electron chi connectivity index (χ1n) is 12.0. The Morgan fingerprint density at radius 2 is 1.35 bits per heavy atom. The van der Waals surface area contributed by atoms with Gasteiger partial charge in [-0.3, -0.25) is 0 Å². The molecule has 2 fully saturated rings. The first-order chi connectivity index (χ1) is 14.8. The predicted molar refractivity (Wildman–Crippen MR) is 115 cm³/mol. The van der Waals surface area contributed by atoms with Crippen molar-refractivity contribution < 1.29 is 22.0 Å². The lowest BCUT2D eigenvalue weighted by molar-refractivity contribution is -0.142. The van der Waals surface area contributed by atoms with E-state index in [1.54, 1.807) is 0 Å². The normalized spacial score (nSPS) is 27.7. The molecule has 0 atom stereocenters. The van der Waals surface area contributed by atoms with Crippen LogP contribution in [0.2, 0.25) is 0 Å². The topological polar surface area (TPSA) is 0 Å². The molecule has 5 heteroatoms. The molecule has 0 amide bonds. The minimum absolute atomic E-state index is 0.0483. The van der Waals surface area contributed by atoms with E-state index in [9.17, 15) is 22.0 Å². The van der Waals surface area contributed by atoms with E-state index in [4.69, 9.17) is 0 Å². The van der Waals surface area contributed by atoms with Gasteiger partial charge in [0.25, 0.3) is 0 Å². The van der Waals surface area contributed by atoms with Crippen LogP contribution in [0.1, 0.15) is 101 Å². The number of rotatable bonds is 7. The molecule has 0 N–H and O–H groups in total. The summed E-state index contributed by atoms with van der Waals surface area (Å²) in [7, 11) is 0. The van der Waals surface area contributed by atoms with Gasteiger partial charge in [0.05, 0.1) is 0 Å². The van der Waals surface area contributed by atoms with Crippen molar-refractivity contribution in [1.82, 2.24) is 0 Å². The zero-order chi connectivity index (χ0) is 22.4. The zero-order valence-corrected chi connectivity index (χ0v) is 18.5. The van der Waals surface area contributed by atoms with Crippen molar-refractivity contribution >= 4 is 0 Å². The summed E-state index contributed by atoms with van der Waals surface area (Å²) in [5.41, 5.74) is -1.41. The van der Waals surface area contributed by atoms with Crippen LogP contribution in [0.3, 0.4) is 0 Å². The maximum atomic E-state index is 13.9. The van der Waals surface area contributed by atoms with Gasteiger partial charge in [-0.15, -0.1) is 0 Å². The van der Waals surface area contributed by atoms with Crippen LogP contribution in [0.5, 0.6) is 0 Å². The smallest absolute Gasteiger partial charge is 0.206 e. The van der Waals surface area contributed by atoms with Crippen molar-refractivity contribution in [3.05, 3.63) is 47.0 Å². The number of halogens is 5. The van der Waals surface area contributed by atoms with Crippen molar-refractivity contribution in [3.63, 3.8) is 0 Å². The lowest BCUT2D eigenvalue weighted by atomic mass is 9.74. The lowest BCUT2D eigenvalue weighted by Gasteiger charge is -2.31. The van der Waals surface area contributed by atoms with Crippen LogP contribution >= 0.6 is 0 Å². The molecule has 1 aromatic carbocycles. The Balaban J connectivity index is 1.43. The van der Waals surface area contributed by atoms with Crippen LogP contribution in [0.25, 0.3) is 0 Å². The molecule has 0 saturated heterocycles. The molecule has 2 aliphatic carbocycles. The van der Waals surface area contributed by atoms with Crippen LogP contribution in [-0.2, 0) is 6.18 Å². The third-order valence-corrected chi connectivity index (χ3v) is 7.40. The predicted octanol–water partition coefficient (Wildman–Crippen LogP) is 9.20. The Morgan fingerprint density at radius 1 is 0.839 bits per heavy atom. The second kappa shape index (κ2) is 11.0. The molecule has 0 unspecified atom stereocenters. The highest BCUT2D eigenvalue weighted by Gasteiger charge is 2.38. The van der Waals surface area contributed by atoms with Gasteiger partial charge in [-0.25, -0.2) is 8.78 Å². The highest BCUT2D eigenvalue weighted by molar-refractivity contribution is 5.30. The second-order valence-corrected chi connectivity index (χ2v) is 9.65.